The number of esters is 2. The lowest BCUT2D eigenvalue weighted by molar-refractivity contribution is -0.154. The van der Waals surface area contributed by atoms with E-state index in [1.807, 2.05) is 0 Å². The van der Waals surface area contributed by atoms with Crippen LogP contribution in [-0.2, 0) is 4.74 Å². The van der Waals surface area contributed by atoms with E-state index in [1.54, 1.807) is 0 Å². The van der Waals surface area contributed by atoms with E-state index in [0.717, 1.165) is 12.3 Å². The van der Waals surface area contributed by atoms with E-state index in [0.29, 0.717) is 0 Å². The van der Waals surface area contributed by atoms with Crippen LogP contribution < -0.4 is 9.47 Å². The molecule has 12 heteroatoms. The molecule has 2 aromatic rings. The Hall–Kier alpha value is -3.05. The van der Waals surface area contributed by atoms with Gasteiger partial charge in [0.25, 0.3) is 0 Å². The number of carbonyl (C=O) groups excluding carboxylic acids is 2. The predicted molar refractivity (Wildman–Crippen MR) is 74.6 cm³/mol. The Kier molecular flexibility index (Phi) is 4.36. The molecule has 0 bridgehead atoms. The smallest absolute Gasteiger partial charge is 0.422 e. The SMILES string of the molecule is O=C1OC(=O)c2c1c(OCC(F)(F)F)c1cccnc1c2OCC(F)(F)F. The van der Waals surface area contributed by atoms with Crippen molar-refractivity contribution in [2.45, 2.75) is 12.4 Å². The molecule has 3 rings (SSSR count). The molecule has 1 aliphatic heterocycles. The molecule has 0 radical (unpaired) electrons. The number of rotatable bonds is 4. The van der Waals surface area contributed by atoms with Crippen LogP contribution in [0.15, 0.2) is 18.3 Å². The first-order valence-corrected chi connectivity index (χ1v) is 7.08. The zero-order chi connectivity index (χ0) is 20.0. The van der Waals surface area contributed by atoms with E-state index >= 15 is 0 Å². The van der Waals surface area contributed by atoms with Gasteiger partial charge in [0.2, 0.25) is 0 Å². The van der Waals surface area contributed by atoms with Crippen molar-refractivity contribution in [1.29, 1.82) is 0 Å². The van der Waals surface area contributed by atoms with Crippen molar-refractivity contribution in [3.63, 3.8) is 0 Å². The molecule has 1 aromatic heterocycles. The second-order valence-electron chi connectivity index (χ2n) is 5.29. The molecule has 0 N–H and O–H groups in total. The summed E-state index contributed by atoms with van der Waals surface area (Å²) in [5, 5.41) is -0.246. The molecule has 0 saturated heterocycles. The van der Waals surface area contributed by atoms with Crippen molar-refractivity contribution < 1.29 is 50.1 Å². The first-order valence-electron chi connectivity index (χ1n) is 7.08. The summed E-state index contributed by atoms with van der Waals surface area (Å²) in [6, 6.07) is 2.41. The molecule has 1 aliphatic rings. The molecule has 0 spiro atoms. The van der Waals surface area contributed by atoms with E-state index in [1.165, 1.54) is 6.07 Å². The number of cyclic esters (lactones) is 2. The van der Waals surface area contributed by atoms with Crippen molar-refractivity contribution in [2.24, 2.45) is 0 Å². The molecule has 27 heavy (non-hydrogen) atoms. The molecular weight excluding hydrogens is 388 g/mol. The molecule has 2 heterocycles. The zero-order valence-corrected chi connectivity index (χ0v) is 12.9. The fraction of sp³-hybridized carbons (Fsp3) is 0.267. The minimum absolute atomic E-state index is 0.246. The van der Waals surface area contributed by atoms with E-state index in [-0.39, 0.29) is 10.9 Å². The molecule has 0 atom stereocenters. The van der Waals surface area contributed by atoms with Gasteiger partial charge in [0.1, 0.15) is 22.4 Å². The van der Waals surface area contributed by atoms with Gasteiger partial charge in [-0.2, -0.15) is 26.3 Å². The Bertz CT molecular complexity index is 862. The summed E-state index contributed by atoms with van der Waals surface area (Å²) in [7, 11) is 0. The minimum atomic E-state index is -4.79. The summed E-state index contributed by atoms with van der Waals surface area (Å²) < 4.78 is 88.7. The third-order valence-corrected chi connectivity index (χ3v) is 3.33. The summed E-state index contributed by atoms with van der Waals surface area (Å²) in [6.45, 7) is -3.64. The topological polar surface area (TPSA) is 74.7 Å². The number of alkyl halides is 6. The maximum atomic E-state index is 12.5. The first-order chi connectivity index (χ1) is 12.5. The van der Waals surface area contributed by atoms with Gasteiger partial charge in [0, 0.05) is 11.6 Å². The van der Waals surface area contributed by atoms with Gasteiger partial charge in [-0.25, -0.2) is 9.59 Å². The Labute approximate surface area is 145 Å². The number of carbonyl (C=O) groups is 2. The van der Waals surface area contributed by atoms with Gasteiger partial charge in [0.05, 0.1) is 0 Å². The Morgan fingerprint density at radius 3 is 1.96 bits per heavy atom. The summed E-state index contributed by atoms with van der Waals surface area (Å²) in [4.78, 5) is 27.6. The number of fused-ring (bicyclic) bond motifs is 2. The number of aromatic nitrogens is 1. The van der Waals surface area contributed by atoms with Crippen LogP contribution in [0.3, 0.4) is 0 Å². The average molecular weight is 395 g/mol. The maximum Gasteiger partial charge on any atom is 0.422 e. The summed E-state index contributed by atoms with van der Waals surface area (Å²) >= 11 is 0. The number of halogens is 6. The number of hydrogen-bond acceptors (Lipinski definition) is 6. The average Bonchev–Trinajstić information content (AvgIpc) is 2.83. The first kappa shape index (κ1) is 18.7. The third kappa shape index (κ3) is 3.73. The molecule has 0 saturated carbocycles. The number of ether oxygens (including phenoxy) is 3. The monoisotopic (exact) mass is 395 g/mol. The highest BCUT2D eigenvalue weighted by Crippen LogP contribution is 2.44. The molecule has 6 nitrogen and oxygen atoms in total. The fourth-order valence-corrected chi connectivity index (χ4v) is 2.42. The fourth-order valence-electron chi connectivity index (χ4n) is 2.42. The van der Waals surface area contributed by atoms with Gasteiger partial charge < -0.3 is 14.2 Å². The van der Waals surface area contributed by atoms with Crippen molar-refractivity contribution in [2.75, 3.05) is 13.2 Å². The van der Waals surface area contributed by atoms with Crippen LogP contribution in [-0.4, -0.2) is 42.5 Å². The molecule has 0 unspecified atom stereocenters. The normalized spacial score (nSPS) is 14.3. The highest BCUT2D eigenvalue weighted by atomic mass is 19.4. The minimum Gasteiger partial charge on any atom is -0.482 e. The van der Waals surface area contributed by atoms with Crippen LogP contribution >= 0.6 is 0 Å². The van der Waals surface area contributed by atoms with Crippen LogP contribution in [0.2, 0.25) is 0 Å². The molecule has 0 aliphatic carbocycles. The lowest BCUT2D eigenvalue weighted by Gasteiger charge is -2.17. The van der Waals surface area contributed by atoms with Gasteiger partial charge in [-0.1, -0.05) is 0 Å². The second kappa shape index (κ2) is 6.28. The molecule has 0 fully saturated rings. The third-order valence-electron chi connectivity index (χ3n) is 3.33. The van der Waals surface area contributed by atoms with Gasteiger partial charge >= 0.3 is 24.3 Å². The van der Waals surface area contributed by atoms with Gasteiger partial charge in [-0.3, -0.25) is 4.98 Å². The maximum absolute atomic E-state index is 12.5. The highest BCUT2D eigenvalue weighted by molar-refractivity contribution is 6.21. The van der Waals surface area contributed by atoms with Crippen LogP contribution in [0.5, 0.6) is 11.5 Å². The summed E-state index contributed by atoms with van der Waals surface area (Å²) in [5.41, 5.74) is -1.90. The molecule has 144 valence electrons. The Morgan fingerprint density at radius 1 is 0.889 bits per heavy atom. The van der Waals surface area contributed by atoms with Crippen molar-refractivity contribution in [3.8, 4) is 11.5 Å². The Morgan fingerprint density at radius 2 is 1.41 bits per heavy atom. The lowest BCUT2D eigenvalue weighted by Crippen LogP contribution is -2.22. The summed E-state index contributed by atoms with van der Waals surface area (Å²) in [5.74, 6) is -4.15. The van der Waals surface area contributed by atoms with Gasteiger partial charge in [0.15, 0.2) is 19.0 Å². The number of pyridine rings is 1. The standard InChI is InChI=1S/C15H7F6NO5/c16-14(17,18)4-25-10-6-2-1-3-22-9(6)11(26-5-15(19,20)21)8-7(10)12(23)27-13(8)24/h1-3H,4-5H2. The van der Waals surface area contributed by atoms with E-state index in [9.17, 15) is 35.9 Å². The molecule has 1 aromatic carbocycles. The highest BCUT2D eigenvalue weighted by Gasteiger charge is 2.41. The van der Waals surface area contributed by atoms with Crippen LogP contribution in [0, 0.1) is 0 Å². The van der Waals surface area contributed by atoms with Gasteiger partial charge in [-0.05, 0) is 12.1 Å². The van der Waals surface area contributed by atoms with Crippen LogP contribution in [0.1, 0.15) is 20.7 Å². The van der Waals surface area contributed by atoms with E-state index < -0.39 is 60.1 Å². The van der Waals surface area contributed by atoms with E-state index in [4.69, 9.17) is 0 Å². The quantitative estimate of drug-likeness (QED) is 0.449. The zero-order valence-electron chi connectivity index (χ0n) is 12.9. The van der Waals surface area contributed by atoms with E-state index in [2.05, 4.69) is 19.2 Å². The Balaban J connectivity index is 2.24. The van der Waals surface area contributed by atoms with Crippen LogP contribution in [0.4, 0.5) is 26.3 Å². The molecule has 0 amide bonds. The molecular formula is C15H7F6NO5. The van der Waals surface area contributed by atoms with Crippen molar-refractivity contribution in [3.05, 3.63) is 29.5 Å². The number of benzene rings is 1. The van der Waals surface area contributed by atoms with Crippen molar-refractivity contribution >= 4 is 22.8 Å². The number of nitrogens with zero attached hydrogens (tertiary/aromatic N) is 1. The van der Waals surface area contributed by atoms with Crippen LogP contribution in [0.25, 0.3) is 10.9 Å². The largest absolute Gasteiger partial charge is 0.482 e. The predicted octanol–water partition coefficient (Wildman–Crippen LogP) is 3.43. The van der Waals surface area contributed by atoms with Gasteiger partial charge in [-0.15, -0.1) is 0 Å². The number of hydrogen-bond donors (Lipinski definition) is 0. The lowest BCUT2D eigenvalue weighted by atomic mass is 10.0. The van der Waals surface area contributed by atoms with Crippen molar-refractivity contribution in [1.82, 2.24) is 4.98 Å². The summed E-state index contributed by atoms with van der Waals surface area (Å²) in [6.07, 6.45) is -8.45. The second-order valence-corrected chi connectivity index (χ2v) is 5.29.